The molecule has 0 atom stereocenters. The van der Waals surface area contributed by atoms with Crippen LogP contribution in [0.2, 0.25) is 5.02 Å². The van der Waals surface area contributed by atoms with Gasteiger partial charge in [-0.25, -0.2) is 0 Å². The highest BCUT2D eigenvalue weighted by Crippen LogP contribution is 2.24. The summed E-state index contributed by atoms with van der Waals surface area (Å²) in [6.07, 6.45) is 3.82. The third-order valence-electron chi connectivity index (χ3n) is 4.51. The SMILES string of the molecule is CSc1ccc(Cl)c(C(=O)Nc2ccn(Cc3cccc4ccccc34)n2)c1. The molecule has 0 bridgehead atoms. The maximum atomic E-state index is 12.6. The van der Waals surface area contributed by atoms with Crippen molar-refractivity contribution in [2.75, 3.05) is 11.6 Å². The van der Waals surface area contributed by atoms with E-state index in [1.165, 1.54) is 16.3 Å². The first-order chi connectivity index (χ1) is 13.6. The van der Waals surface area contributed by atoms with Crippen molar-refractivity contribution in [2.24, 2.45) is 0 Å². The predicted octanol–water partition coefficient (Wildman–Crippen LogP) is 5.71. The molecular formula is C22H18ClN3OS. The fraction of sp³-hybridized carbons (Fsp3) is 0.0909. The Bertz CT molecular complexity index is 1150. The molecule has 4 aromatic rings. The van der Waals surface area contributed by atoms with E-state index in [0.717, 1.165) is 4.90 Å². The summed E-state index contributed by atoms with van der Waals surface area (Å²) in [5.41, 5.74) is 1.62. The molecule has 0 aliphatic carbocycles. The van der Waals surface area contributed by atoms with Gasteiger partial charge in [-0.1, -0.05) is 54.1 Å². The third-order valence-corrected chi connectivity index (χ3v) is 5.57. The van der Waals surface area contributed by atoms with E-state index in [4.69, 9.17) is 11.6 Å². The minimum atomic E-state index is -0.267. The average molecular weight is 408 g/mol. The number of amides is 1. The number of halogens is 1. The first-order valence-electron chi connectivity index (χ1n) is 8.79. The van der Waals surface area contributed by atoms with Gasteiger partial charge in [0.2, 0.25) is 0 Å². The number of anilines is 1. The smallest absolute Gasteiger partial charge is 0.258 e. The topological polar surface area (TPSA) is 46.9 Å². The normalized spacial score (nSPS) is 10.9. The summed E-state index contributed by atoms with van der Waals surface area (Å²) in [4.78, 5) is 13.6. The van der Waals surface area contributed by atoms with Crippen molar-refractivity contribution in [3.05, 3.63) is 89.1 Å². The van der Waals surface area contributed by atoms with E-state index in [1.807, 2.05) is 41.4 Å². The van der Waals surface area contributed by atoms with Crippen molar-refractivity contribution in [2.45, 2.75) is 11.4 Å². The first kappa shape index (κ1) is 18.6. The number of fused-ring (bicyclic) bond motifs is 1. The van der Waals surface area contributed by atoms with Crippen LogP contribution in [0.3, 0.4) is 0 Å². The molecule has 28 heavy (non-hydrogen) atoms. The predicted molar refractivity (Wildman–Crippen MR) is 116 cm³/mol. The molecule has 0 fully saturated rings. The number of hydrogen-bond acceptors (Lipinski definition) is 3. The summed E-state index contributed by atoms with van der Waals surface area (Å²) in [5.74, 6) is 0.229. The molecule has 1 aromatic heterocycles. The monoisotopic (exact) mass is 407 g/mol. The lowest BCUT2D eigenvalue weighted by molar-refractivity contribution is 0.102. The van der Waals surface area contributed by atoms with Crippen molar-refractivity contribution in [1.29, 1.82) is 0 Å². The molecule has 0 spiro atoms. The zero-order chi connectivity index (χ0) is 19.5. The van der Waals surface area contributed by atoms with E-state index in [-0.39, 0.29) is 5.91 Å². The second kappa shape index (κ2) is 8.09. The molecule has 1 N–H and O–H groups in total. The number of carbonyl (C=O) groups is 1. The second-order valence-electron chi connectivity index (χ2n) is 6.34. The summed E-state index contributed by atoms with van der Waals surface area (Å²) in [5, 5.41) is 10.1. The average Bonchev–Trinajstić information content (AvgIpc) is 3.15. The van der Waals surface area contributed by atoms with E-state index >= 15 is 0 Å². The number of carbonyl (C=O) groups excluding carboxylic acids is 1. The fourth-order valence-electron chi connectivity index (χ4n) is 3.11. The van der Waals surface area contributed by atoms with Crippen LogP contribution in [-0.4, -0.2) is 21.9 Å². The molecule has 4 nitrogen and oxygen atoms in total. The van der Waals surface area contributed by atoms with Gasteiger partial charge in [0, 0.05) is 17.2 Å². The van der Waals surface area contributed by atoms with Gasteiger partial charge in [0.15, 0.2) is 5.82 Å². The quantitative estimate of drug-likeness (QED) is 0.431. The van der Waals surface area contributed by atoms with Crippen molar-refractivity contribution >= 4 is 45.9 Å². The van der Waals surface area contributed by atoms with Gasteiger partial charge in [-0.2, -0.15) is 5.10 Å². The number of hydrogen-bond donors (Lipinski definition) is 1. The molecule has 140 valence electrons. The largest absolute Gasteiger partial charge is 0.305 e. The van der Waals surface area contributed by atoms with Gasteiger partial charge < -0.3 is 5.32 Å². The Hall–Kier alpha value is -2.76. The van der Waals surface area contributed by atoms with Gasteiger partial charge in [-0.3, -0.25) is 9.48 Å². The molecule has 0 saturated carbocycles. The minimum absolute atomic E-state index is 0.267. The van der Waals surface area contributed by atoms with Crippen LogP contribution in [0.1, 0.15) is 15.9 Å². The molecule has 3 aromatic carbocycles. The highest BCUT2D eigenvalue weighted by Gasteiger charge is 2.13. The fourth-order valence-corrected chi connectivity index (χ4v) is 3.75. The first-order valence-corrected chi connectivity index (χ1v) is 10.4. The van der Waals surface area contributed by atoms with Crippen molar-refractivity contribution in [3.63, 3.8) is 0 Å². The zero-order valence-electron chi connectivity index (χ0n) is 15.2. The number of nitrogens with zero attached hydrogens (tertiary/aromatic N) is 2. The van der Waals surface area contributed by atoms with Crippen molar-refractivity contribution in [1.82, 2.24) is 9.78 Å². The maximum absolute atomic E-state index is 12.6. The minimum Gasteiger partial charge on any atom is -0.305 e. The van der Waals surface area contributed by atoms with Crippen molar-refractivity contribution < 1.29 is 4.79 Å². The molecule has 0 unspecified atom stereocenters. The second-order valence-corrected chi connectivity index (χ2v) is 7.62. The zero-order valence-corrected chi connectivity index (χ0v) is 16.8. The van der Waals surface area contributed by atoms with Crippen LogP contribution in [0, 0.1) is 0 Å². The van der Waals surface area contributed by atoms with Crippen molar-refractivity contribution in [3.8, 4) is 0 Å². The Morgan fingerprint density at radius 1 is 1.11 bits per heavy atom. The highest BCUT2D eigenvalue weighted by molar-refractivity contribution is 7.98. The van der Waals surface area contributed by atoms with Crippen LogP contribution < -0.4 is 5.32 Å². The van der Waals surface area contributed by atoms with E-state index in [2.05, 4.69) is 34.7 Å². The van der Waals surface area contributed by atoms with Crippen LogP contribution in [0.5, 0.6) is 0 Å². The Labute approximate surface area is 172 Å². The summed E-state index contributed by atoms with van der Waals surface area (Å²) in [6.45, 7) is 0.625. The molecule has 0 aliphatic heterocycles. The third kappa shape index (κ3) is 3.91. The number of nitrogens with one attached hydrogen (secondary N) is 1. The van der Waals surface area contributed by atoms with Gasteiger partial charge in [0.1, 0.15) is 0 Å². The Morgan fingerprint density at radius 3 is 2.79 bits per heavy atom. The molecule has 0 saturated heterocycles. The number of benzene rings is 3. The number of aromatic nitrogens is 2. The van der Waals surface area contributed by atoms with Crippen LogP contribution in [-0.2, 0) is 6.54 Å². The summed E-state index contributed by atoms with van der Waals surface area (Å²) >= 11 is 7.75. The van der Waals surface area contributed by atoms with Crippen LogP contribution in [0.25, 0.3) is 10.8 Å². The van der Waals surface area contributed by atoms with Crippen LogP contribution in [0.15, 0.2) is 77.8 Å². The summed E-state index contributed by atoms with van der Waals surface area (Å²) in [7, 11) is 0. The Balaban J connectivity index is 1.52. The lowest BCUT2D eigenvalue weighted by Gasteiger charge is -2.07. The molecule has 4 rings (SSSR count). The van der Waals surface area contributed by atoms with Gasteiger partial charge in [-0.05, 0) is 40.8 Å². The van der Waals surface area contributed by atoms with Crippen LogP contribution >= 0.6 is 23.4 Å². The van der Waals surface area contributed by atoms with Gasteiger partial charge in [0.25, 0.3) is 5.91 Å². The van der Waals surface area contributed by atoms with E-state index in [0.29, 0.717) is 22.9 Å². The van der Waals surface area contributed by atoms with Gasteiger partial charge in [-0.15, -0.1) is 11.8 Å². The lowest BCUT2D eigenvalue weighted by Crippen LogP contribution is -2.13. The highest BCUT2D eigenvalue weighted by atomic mass is 35.5. The Morgan fingerprint density at radius 2 is 1.93 bits per heavy atom. The van der Waals surface area contributed by atoms with Crippen LogP contribution in [0.4, 0.5) is 5.82 Å². The Kier molecular flexibility index (Phi) is 5.37. The number of thioether (sulfide) groups is 1. The van der Waals surface area contributed by atoms with E-state index < -0.39 is 0 Å². The molecular weight excluding hydrogens is 390 g/mol. The lowest BCUT2D eigenvalue weighted by atomic mass is 10.0. The molecule has 6 heteroatoms. The molecule has 0 aliphatic rings. The molecule has 1 amide bonds. The standard InChI is InChI=1S/C22H18ClN3OS/c1-28-17-9-10-20(23)19(13-17)22(27)24-21-11-12-26(25-21)14-16-7-4-6-15-5-2-3-8-18(15)16/h2-13H,14H2,1H3,(H,24,25,27). The van der Waals surface area contributed by atoms with Gasteiger partial charge >= 0.3 is 0 Å². The van der Waals surface area contributed by atoms with Gasteiger partial charge in [0.05, 0.1) is 17.1 Å². The number of rotatable bonds is 5. The summed E-state index contributed by atoms with van der Waals surface area (Å²) < 4.78 is 1.82. The van der Waals surface area contributed by atoms with E-state index in [9.17, 15) is 4.79 Å². The van der Waals surface area contributed by atoms with E-state index in [1.54, 1.807) is 30.0 Å². The maximum Gasteiger partial charge on any atom is 0.258 e. The molecule has 0 radical (unpaired) electrons. The summed E-state index contributed by atoms with van der Waals surface area (Å²) in [6, 6.07) is 21.7. The molecule has 1 heterocycles.